The topological polar surface area (TPSA) is 74.8 Å². The van der Waals surface area contributed by atoms with Gasteiger partial charge < -0.3 is 19.9 Å². The molecule has 2 atom stereocenters. The summed E-state index contributed by atoms with van der Waals surface area (Å²) in [7, 11) is 1.58. The van der Waals surface area contributed by atoms with E-state index >= 15 is 0 Å². The van der Waals surface area contributed by atoms with Crippen LogP contribution in [-0.4, -0.2) is 53.0 Å². The van der Waals surface area contributed by atoms with Crippen LogP contribution >= 0.6 is 0 Å². The Morgan fingerprint density at radius 2 is 2.16 bits per heavy atom. The fourth-order valence-electron chi connectivity index (χ4n) is 4.84. The van der Waals surface area contributed by atoms with Crippen molar-refractivity contribution in [2.45, 2.75) is 25.9 Å². The highest BCUT2D eigenvalue weighted by atomic mass is 19.2. The number of amides is 3. The molecule has 1 aromatic heterocycles. The fraction of sp³-hybridized carbons (Fsp3) is 0.348. The number of pyridine rings is 1. The third kappa shape index (κ3) is 3.28. The van der Waals surface area contributed by atoms with Crippen molar-refractivity contribution in [3.05, 3.63) is 58.8 Å². The number of benzene rings is 1. The number of aryl methyl sites for hydroxylation is 1. The minimum Gasteiger partial charge on any atom is -0.481 e. The summed E-state index contributed by atoms with van der Waals surface area (Å²) in [4.78, 5) is 32.6. The summed E-state index contributed by atoms with van der Waals surface area (Å²) in [6, 6.07) is 3.63. The first-order valence-corrected chi connectivity index (χ1v) is 10.4. The second-order valence-corrected chi connectivity index (χ2v) is 8.38. The molecule has 2 bridgehead atoms. The number of rotatable bonds is 4. The molecular weight excluding hydrogens is 418 g/mol. The molecule has 2 aliphatic heterocycles. The molecule has 0 saturated carbocycles. The minimum absolute atomic E-state index is 0.0463. The minimum atomic E-state index is -1.00. The number of aromatic nitrogens is 1. The Labute approximate surface area is 183 Å². The van der Waals surface area contributed by atoms with Gasteiger partial charge in [0, 0.05) is 30.3 Å². The first-order chi connectivity index (χ1) is 15.4. The number of likely N-dealkylation sites (tertiary alicyclic amines) is 1. The van der Waals surface area contributed by atoms with Crippen molar-refractivity contribution < 1.29 is 23.1 Å². The smallest absolute Gasteiger partial charge is 0.322 e. The maximum absolute atomic E-state index is 14.2. The van der Waals surface area contributed by atoms with Gasteiger partial charge in [0.2, 0.25) is 11.8 Å². The van der Waals surface area contributed by atoms with Crippen LogP contribution in [0.15, 0.2) is 30.5 Å². The summed E-state index contributed by atoms with van der Waals surface area (Å²) in [6.07, 6.45) is 4.71. The van der Waals surface area contributed by atoms with Crippen LogP contribution in [0.4, 0.5) is 19.3 Å². The van der Waals surface area contributed by atoms with E-state index in [1.807, 2.05) is 13.0 Å². The second-order valence-electron chi connectivity index (χ2n) is 8.38. The Bertz CT molecular complexity index is 1170. The Kier molecular flexibility index (Phi) is 4.83. The first-order valence-electron chi connectivity index (χ1n) is 10.4. The molecule has 9 heteroatoms. The van der Waals surface area contributed by atoms with Crippen LogP contribution in [0.25, 0.3) is 5.57 Å². The number of nitrogens with one attached hydrogen (secondary N) is 1. The summed E-state index contributed by atoms with van der Waals surface area (Å²) in [6.45, 7) is 2.20. The van der Waals surface area contributed by atoms with Gasteiger partial charge in [-0.15, -0.1) is 0 Å². The molecule has 0 unspecified atom stereocenters. The molecule has 0 spiro atoms. The van der Waals surface area contributed by atoms with Crippen LogP contribution in [0.5, 0.6) is 5.88 Å². The monoisotopic (exact) mass is 440 g/mol. The summed E-state index contributed by atoms with van der Waals surface area (Å²) >= 11 is 0. The lowest BCUT2D eigenvalue weighted by atomic mass is 9.93. The molecule has 7 nitrogen and oxygen atoms in total. The number of halogens is 2. The lowest BCUT2D eigenvalue weighted by Crippen LogP contribution is -2.47. The van der Waals surface area contributed by atoms with Crippen molar-refractivity contribution in [2.24, 2.45) is 5.92 Å². The SMILES string of the molecule is COc1cc(C)c(C2=C[C@@H]3C[C@H]2CN3C(=O)CN2Cc3c(ccc(F)c3F)NC2=O)cn1. The fourth-order valence-corrected chi connectivity index (χ4v) is 4.84. The highest BCUT2D eigenvalue weighted by molar-refractivity contribution is 5.95. The third-order valence-electron chi connectivity index (χ3n) is 6.48. The van der Waals surface area contributed by atoms with E-state index in [1.165, 1.54) is 16.5 Å². The summed E-state index contributed by atoms with van der Waals surface area (Å²) in [5.74, 6) is -1.45. The van der Waals surface area contributed by atoms with Gasteiger partial charge in [-0.1, -0.05) is 6.08 Å². The van der Waals surface area contributed by atoms with Gasteiger partial charge in [-0.05, 0) is 42.2 Å². The van der Waals surface area contributed by atoms with E-state index < -0.39 is 17.7 Å². The number of carbonyl (C=O) groups is 2. The van der Waals surface area contributed by atoms with Crippen LogP contribution in [0.1, 0.15) is 23.1 Å². The van der Waals surface area contributed by atoms with E-state index in [4.69, 9.17) is 4.74 Å². The van der Waals surface area contributed by atoms with Crippen molar-refractivity contribution in [2.75, 3.05) is 25.5 Å². The Balaban J connectivity index is 1.30. The van der Waals surface area contributed by atoms with E-state index in [1.54, 1.807) is 18.2 Å². The molecule has 166 valence electrons. The number of hydrogen-bond acceptors (Lipinski definition) is 4. The van der Waals surface area contributed by atoms with E-state index in [2.05, 4.69) is 16.4 Å². The standard InChI is InChI=1S/C23H22F2N4O3/c1-12-5-20(32-2)26-8-16(12)15-7-14-6-13(15)9-29(14)21(30)11-28-10-17-19(27-23(28)31)4-3-18(24)22(17)25/h3-5,7-8,13-14H,6,9-11H2,1-2H3,(H,27,31)/t13-,14-/m0/s1. The van der Waals surface area contributed by atoms with Gasteiger partial charge in [-0.2, -0.15) is 0 Å². The van der Waals surface area contributed by atoms with Gasteiger partial charge in [0.05, 0.1) is 25.4 Å². The predicted octanol–water partition coefficient (Wildman–Crippen LogP) is 3.34. The van der Waals surface area contributed by atoms with Gasteiger partial charge in [0.25, 0.3) is 0 Å². The zero-order valence-corrected chi connectivity index (χ0v) is 17.7. The molecule has 1 fully saturated rings. The number of ether oxygens (including phenoxy) is 1. The van der Waals surface area contributed by atoms with Crippen molar-refractivity contribution in [1.29, 1.82) is 0 Å². The normalized spacial score (nSPS) is 21.4. The van der Waals surface area contributed by atoms with Crippen molar-refractivity contribution >= 4 is 23.2 Å². The lowest BCUT2D eigenvalue weighted by molar-refractivity contribution is -0.132. The highest BCUT2D eigenvalue weighted by Gasteiger charge is 2.42. The quantitative estimate of drug-likeness (QED) is 0.792. The van der Waals surface area contributed by atoms with Gasteiger partial charge >= 0.3 is 6.03 Å². The van der Waals surface area contributed by atoms with Crippen molar-refractivity contribution in [1.82, 2.24) is 14.8 Å². The number of fused-ring (bicyclic) bond motifs is 3. The molecule has 1 N–H and O–H groups in total. The molecule has 3 heterocycles. The number of methoxy groups -OCH3 is 1. The van der Waals surface area contributed by atoms with E-state index in [-0.39, 0.29) is 42.2 Å². The van der Waals surface area contributed by atoms with Crippen LogP contribution in [0, 0.1) is 24.5 Å². The van der Waals surface area contributed by atoms with Gasteiger partial charge in [-0.3, -0.25) is 4.79 Å². The summed E-state index contributed by atoms with van der Waals surface area (Å²) in [5, 5.41) is 2.53. The number of carbonyl (C=O) groups excluding carboxylic acids is 2. The molecule has 0 radical (unpaired) electrons. The molecular formula is C23H22F2N4O3. The van der Waals surface area contributed by atoms with Crippen molar-refractivity contribution in [3.63, 3.8) is 0 Å². The zero-order chi connectivity index (χ0) is 22.6. The number of urea groups is 1. The summed E-state index contributed by atoms with van der Waals surface area (Å²) in [5.41, 5.74) is 3.56. The Morgan fingerprint density at radius 1 is 1.34 bits per heavy atom. The van der Waals surface area contributed by atoms with Crippen LogP contribution in [0.2, 0.25) is 0 Å². The highest BCUT2D eigenvalue weighted by Crippen LogP contribution is 2.43. The third-order valence-corrected chi connectivity index (χ3v) is 6.48. The average Bonchev–Trinajstić information content (AvgIpc) is 3.38. The zero-order valence-electron chi connectivity index (χ0n) is 17.7. The number of hydrogen-bond donors (Lipinski definition) is 1. The Hall–Kier alpha value is -3.49. The molecule has 2 aromatic rings. The summed E-state index contributed by atoms with van der Waals surface area (Å²) < 4.78 is 32.9. The molecule has 1 aliphatic carbocycles. The van der Waals surface area contributed by atoms with Crippen LogP contribution in [-0.2, 0) is 11.3 Å². The van der Waals surface area contributed by atoms with Gasteiger partial charge in [-0.25, -0.2) is 18.6 Å². The van der Waals surface area contributed by atoms with E-state index in [0.29, 0.717) is 12.4 Å². The van der Waals surface area contributed by atoms with Gasteiger partial charge in [0.1, 0.15) is 6.54 Å². The largest absolute Gasteiger partial charge is 0.481 e. The number of anilines is 1. The Morgan fingerprint density at radius 3 is 2.84 bits per heavy atom. The molecule has 32 heavy (non-hydrogen) atoms. The lowest BCUT2D eigenvalue weighted by Gasteiger charge is -2.32. The maximum atomic E-state index is 14.2. The molecule has 5 rings (SSSR count). The molecule has 1 saturated heterocycles. The van der Waals surface area contributed by atoms with Crippen molar-refractivity contribution in [3.8, 4) is 5.88 Å². The average molecular weight is 440 g/mol. The van der Waals surface area contributed by atoms with E-state index in [9.17, 15) is 18.4 Å². The molecule has 3 amide bonds. The predicted molar refractivity (Wildman–Crippen MR) is 113 cm³/mol. The van der Waals surface area contributed by atoms with Crippen LogP contribution < -0.4 is 10.1 Å². The molecule has 3 aliphatic rings. The van der Waals surface area contributed by atoms with Crippen LogP contribution in [0.3, 0.4) is 0 Å². The molecule has 1 aromatic carbocycles. The number of nitrogens with zero attached hydrogens (tertiary/aromatic N) is 3. The first kappa shape index (κ1) is 20.4. The second kappa shape index (κ2) is 7.58. The maximum Gasteiger partial charge on any atom is 0.322 e. The van der Waals surface area contributed by atoms with Gasteiger partial charge in [0.15, 0.2) is 11.6 Å². The van der Waals surface area contributed by atoms with E-state index in [0.717, 1.165) is 23.6 Å².